The Morgan fingerprint density at radius 2 is 1.65 bits per heavy atom. The largest absolute Gasteiger partial charge is 0.495 e. The third-order valence-corrected chi connectivity index (χ3v) is 12.0. The summed E-state index contributed by atoms with van der Waals surface area (Å²) >= 11 is 1.72. The van der Waals surface area contributed by atoms with E-state index in [1.54, 1.807) is 31.2 Å². The number of alkyl halides is 2. The molecule has 1 aromatic carbocycles. The Morgan fingerprint density at radius 3 is 2.21 bits per heavy atom. The summed E-state index contributed by atoms with van der Waals surface area (Å²) in [6.45, 7) is 26.0. The number of aliphatic hydroxyl groups excluding tert-OH is 1. The van der Waals surface area contributed by atoms with Gasteiger partial charge in [-0.3, -0.25) is 4.79 Å². The monoisotopic (exact) mass is 821 g/mol. The van der Waals surface area contributed by atoms with Crippen molar-refractivity contribution in [2.45, 2.75) is 110 Å². The lowest BCUT2D eigenvalue weighted by atomic mass is 9.82. The van der Waals surface area contributed by atoms with E-state index in [0.717, 1.165) is 131 Å². The van der Waals surface area contributed by atoms with Gasteiger partial charge in [0.1, 0.15) is 11.6 Å². The van der Waals surface area contributed by atoms with Crippen LogP contribution in [-0.4, -0.2) is 111 Å². The number of aromatic nitrogens is 1. The zero-order valence-electron chi connectivity index (χ0n) is 36.6. The average Bonchev–Trinajstić information content (AvgIpc) is 3.89. The van der Waals surface area contributed by atoms with Crippen molar-refractivity contribution >= 4 is 29.4 Å². The second-order valence-corrected chi connectivity index (χ2v) is 15.8. The fourth-order valence-electron chi connectivity index (χ4n) is 8.12. The Hall–Kier alpha value is -2.97. The molecule has 1 aliphatic carbocycles. The van der Waals surface area contributed by atoms with Gasteiger partial charge in [0.05, 0.1) is 32.4 Å². The Balaban J connectivity index is 0.000000470. The fraction of sp³-hybridized carbons (Fsp3) is 0.682. The van der Waals surface area contributed by atoms with E-state index >= 15 is 8.78 Å². The number of pyridine rings is 1. The van der Waals surface area contributed by atoms with Gasteiger partial charge in [0, 0.05) is 87.0 Å². The highest BCUT2D eigenvalue weighted by molar-refractivity contribution is 7.97. The number of nitrogens with one attached hydrogen (secondary N) is 1. The maximum Gasteiger partial charge on any atom is 0.276 e. The van der Waals surface area contributed by atoms with Crippen LogP contribution < -0.4 is 25.6 Å². The van der Waals surface area contributed by atoms with E-state index in [1.807, 2.05) is 34.6 Å². The minimum Gasteiger partial charge on any atom is -0.495 e. The maximum atomic E-state index is 15.4. The summed E-state index contributed by atoms with van der Waals surface area (Å²) in [5.41, 5.74) is 8.29. The van der Waals surface area contributed by atoms with E-state index in [0.29, 0.717) is 30.9 Å². The lowest BCUT2D eigenvalue weighted by molar-refractivity contribution is -0.908. The van der Waals surface area contributed by atoms with Crippen LogP contribution in [0.3, 0.4) is 0 Å². The summed E-state index contributed by atoms with van der Waals surface area (Å²) in [5, 5.41) is 10.3. The van der Waals surface area contributed by atoms with Crippen LogP contribution in [0.2, 0.25) is 0 Å². The van der Waals surface area contributed by atoms with Gasteiger partial charge in [-0.25, -0.2) is 18.1 Å². The van der Waals surface area contributed by atoms with Gasteiger partial charge in [-0.1, -0.05) is 60.5 Å². The molecule has 4 aliphatic rings. The summed E-state index contributed by atoms with van der Waals surface area (Å²) in [6.07, 6.45) is 8.71. The number of nitrogens with zero attached hydrogens (tertiary/aromatic N) is 5. The molecule has 13 heteroatoms. The van der Waals surface area contributed by atoms with Crippen molar-refractivity contribution in [3.63, 3.8) is 0 Å². The van der Waals surface area contributed by atoms with Crippen LogP contribution in [0.25, 0.3) is 0 Å². The first kappa shape index (κ1) is 50.2. The number of ether oxygens (including phenoxy) is 1. The van der Waals surface area contributed by atoms with Crippen molar-refractivity contribution in [1.29, 1.82) is 0 Å². The third kappa shape index (κ3) is 15.0. The van der Waals surface area contributed by atoms with Crippen molar-refractivity contribution in [1.82, 2.24) is 14.6 Å². The molecule has 3 saturated heterocycles. The fourth-order valence-corrected chi connectivity index (χ4v) is 9.05. The van der Waals surface area contributed by atoms with Gasteiger partial charge in [0.25, 0.3) is 11.8 Å². The highest BCUT2D eigenvalue weighted by atomic mass is 32.2. The number of benzene rings is 1. The van der Waals surface area contributed by atoms with Gasteiger partial charge in [-0.15, -0.1) is 0 Å². The van der Waals surface area contributed by atoms with Gasteiger partial charge in [-0.05, 0) is 81.4 Å². The van der Waals surface area contributed by atoms with Crippen molar-refractivity contribution in [3.8, 4) is 5.75 Å². The van der Waals surface area contributed by atoms with Gasteiger partial charge in [-0.2, -0.15) is 0 Å². The molecule has 0 bridgehead atoms. The second-order valence-electron chi connectivity index (χ2n) is 14.7. The van der Waals surface area contributed by atoms with E-state index in [1.165, 1.54) is 12.8 Å². The molecule has 3 aliphatic heterocycles. The van der Waals surface area contributed by atoms with Gasteiger partial charge >= 0.3 is 0 Å². The average molecular weight is 821 g/mol. The second kappa shape index (κ2) is 26.2. The number of nitrogens with two attached hydrogens (primary N) is 1. The number of aliphatic hydroxyl groups is 1. The zero-order valence-corrected chi connectivity index (χ0v) is 37.4. The molecule has 10 nitrogen and oxygen atoms in total. The first-order valence-electron chi connectivity index (χ1n) is 21.5. The number of amides is 1. The minimum atomic E-state index is -2.80. The first-order valence-corrected chi connectivity index (χ1v) is 22.3. The lowest BCUT2D eigenvalue weighted by Gasteiger charge is -2.36. The predicted molar refractivity (Wildman–Crippen MR) is 235 cm³/mol. The first-order chi connectivity index (χ1) is 27.5. The third-order valence-electron chi connectivity index (χ3n) is 10.9. The molecule has 1 aromatic heterocycles. The van der Waals surface area contributed by atoms with Crippen molar-refractivity contribution < 1.29 is 27.9 Å². The van der Waals surface area contributed by atoms with Crippen LogP contribution in [0.4, 0.5) is 20.3 Å². The van der Waals surface area contributed by atoms with Crippen LogP contribution in [0.5, 0.6) is 5.75 Å². The number of primary amides is 1. The molecule has 1 amide bonds. The summed E-state index contributed by atoms with van der Waals surface area (Å²) in [4.78, 5) is 21.1. The van der Waals surface area contributed by atoms with Crippen molar-refractivity contribution in [2.24, 2.45) is 11.7 Å². The van der Waals surface area contributed by atoms with Crippen LogP contribution in [0.1, 0.15) is 104 Å². The Bertz CT molecular complexity index is 1460. The number of aryl methyl sites for hydroxylation is 1. The highest BCUT2D eigenvalue weighted by Gasteiger charge is 2.42. The molecule has 4 heterocycles. The van der Waals surface area contributed by atoms with Crippen LogP contribution in [0, 0.1) is 12.8 Å². The minimum absolute atomic E-state index is 0.131. The summed E-state index contributed by atoms with van der Waals surface area (Å²) in [5.74, 6) is -1.98. The van der Waals surface area contributed by atoms with Gasteiger partial charge in [0.15, 0.2) is 6.54 Å². The molecule has 0 atom stereocenters. The van der Waals surface area contributed by atoms with Crippen LogP contribution >= 0.6 is 11.9 Å². The predicted octanol–water partition coefficient (Wildman–Crippen LogP) is 8.37. The number of carbonyl (C=O) groups is 1. The highest BCUT2D eigenvalue weighted by Crippen LogP contribution is 2.44. The molecule has 4 N–H and O–H groups in total. The molecule has 6 rings (SSSR count). The Kier molecular flexibility index (Phi) is 23.1. The van der Waals surface area contributed by atoms with Crippen LogP contribution in [0.15, 0.2) is 47.5 Å². The van der Waals surface area contributed by atoms with Gasteiger partial charge in [0.2, 0.25) is 0 Å². The molecule has 0 spiro atoms. The molecular formula is C44H76F2N7O3S+. The molecule has 2 aromatic rings. The smallest absolute Gasteiger partial charge is 0.276 e. The number of likely N-dealkylation sites (tertiary alicyclic amines) is 1. The number of rotatable bonds is 13. The molecule has 324 valence electrons. The molecule has 0 radical (unpaired) electrons. The topological polar surface area (TPSA) is 107 Å². The number of halogens is 2. The summed E-state index contributed by atoms with van der Waals surface area (Å²) in [6, 6.07) is 9.58. The summed E-state index contributed by atoms with van der Waals surface area (Å²) < 4.78 is 39.8. The lowest BCUT2D eigenvalue weighted by Crippen LogP contribution is -2.53. The van der Waals surface area contributed by atoms with E-state index < -0.39 is 11.8 Å². The summed E-state index contributed by atoms with van der Waals surface area (Å²) in [7, 11) is 2.71. The number of anilines is 2. The molecule has 0 unspecified atom stereocenters. The number of carbonyl (C=O) groups excluding carboxylic acids is 1. The SMILES string of the molecule is C=C1CCCN1c1ccc(SN2CCN(c3cc(C(F)(F)C4CCCCC4)cc(C)n3)CC2)cc1OC.CC.CC.CCNCC[N+]1(CC(N)=O)CCCC1.CO. The molecule has 1 saturated carbocycles. The quantitative estimate of drug-likeness (QED) is 0.104. The molecule has 57 heavy (non-hydrogen) atoms. The number of quaternary nitrogens is 1. The maximum absolute atomic E-state index is 15.4. The van der Waals surface area contributed by atoms with E-state index in [9.17, 15) is 4.79 Å². The zero-order chi connectivity index (χ0) is 42.4. The van der Waals surface area contributed by atoms with Crippen molar-refractivity contribution in [2.75, 3.05) is 96.0 Å². The number of piperazine rings is 1. The number of likely N-dealkylation sites (N-methyl/N-ethyl adjacent to an activating group) is 1. The van der Waals surface area contributed by atoms with E-state index in [-0.39, 0.29) is 11.5 Å². The van der Waals surface area contributed by atoms with Gasteiger partial charge < -0.3 is 35.2 Å². The van der Waals surface area contributed by atoms with E-state index in [2.05, 4.69) is 56.1 Å². The number of methoxy groups -OCH3 is 1. The van der Waals surface area contributed by atoms with Crippen LogP contribution in [-0.2, 0) is 10.7 Å². The van der Waals surface area contributed by atoms with Crippen molar-refractivity contribution in [3.05, 3.63) is 53.9 Å². The molecular weight excluding hydrogens is 745 g/mol. The Labute approximate surface area is 348 Å². The molecule has 4 fully saturated rings. The number of allylic oxidation sites excluding steroid dienone is 1. The Morgan fingerprint density at radius 1 is 1.00 bits per heavy atom. The number of hydrogen-bond acceptors (Lipinski definition) is 9. The standard InChI is InChI=1S/C29H38F2N4OS.C10H21N3O.2C2H6.CH4O/c1-21-18-24(29(30,31)23-9-5-4-6-10-23)19-28(32-21)33-14-16-34(17-15-33)37-25-11-12-26(27(20-25)36-3)35-13-7-8-22(35)2;1-2-12-5-8-13(9-10(11)14)6-3-4-7-13;3*1-2/h11-12,18-20,23H,2,4-10,13-17H2,1,3H3;12H,2-9H2,1H3,(H-,11,14);2*1-2H3;2H,1H3/p+1. The number of hydrogen-bond donors (Lipinski definition) is 3. The van der Waals surface area contributed by atoms with E-state index in [4.69, 9.17) is 15.6 Å². The normalized spacial score (nSPS) is 18.2.